The van der Waals surface area contributed by atoms with Crippen LogP contribution in [-0.2, 0) is 13.8 Å². The zero-order chi connectivity index (χ0) is 15.7. The summed E-state index contributed by atoms with van der Waals surface area (Å²) in [6.07, 6.45) is 3.02. The van der Waals surface area contributed by atoms with Crippen molar-refractivity contribution in [2.24, 2.45) is 0 Å². The van der Waals surface area contributed by atoms with Crippen LogP contribution in [0.4, 0.5) is 5.82 Å². The fraction of sp³-hybridized carbons (Fsp3) is 0.545. The first-order valence-electron chi connectivity index (χ1n) is 7.05. The van der Waals surface area contributed by atoms with Gasteiger partial charge in [-0.05, 0) is 0 Å². The summed E-state index contributed by atoms with van der Waals surface area (Å²) >= 11 is 0. The van der Waals surface area contributed by atoms with E-state index in [0.717, 1.165) is 0 Å². The summed E-state index contributed by atoms with van der Waals surface area (Å²) in [5.74, 6) is 0.329. The maximum atomic E-state index is 10.0. The average Bonchev–Trinajstić information content (AvgIpc) is 2.90. The molecular formula is C11H19BN5O4P. The van der Waals surface area contributed by atoms with Crippen LogP contribution in [0.1, 0.15) is 19.6 Å². The van der Waals surface area contributed by atoms with Gasteiger partial charge in [-0.15, -0.1) is 0 Å². The molecular weight excluding hydrogens is 308 g/mol. The van der Waals surface area contributed by atoms with Crippen molar-refractivity contribution in [3.05, 3.63) is 12.7 Å². The Morgan fingerprint density at radius 3 is 3.05 bits per heavy atom. The summed E-state index contributed by atoms with van der Waals surface area (Å²) < 4.78 is 18.7. The molecule has 9 nitrogen and oxygen atoms in total. The van der Waals surface area contributed by atoms with E-state index >= 15 is 0 Å². The SMILES string of the molecule is B[PH]1(O)OCC[C@H](n2cnc3c(N)ncnc32)O[C@@H](C)CO1. The van der Waals surface area contributed by atoms with Crippen LogP contribution < -0.4 is 5.73 Å². The molecule has 0 aliphatic carbocycles. The van der Waals surface area contributed by atoms with Crippen LogP contribution in [0.2, 0.25) is 0 Å². The Hall–Kier alpha value is -1.32. The van der Waals surface area contributed by atoms with Gasteiger partial charge in [0, 0.05) is 0 Å². The van der Waals surface area contributed by atoms with E-state index in [0.29, 0.717) is 30.0 Å². The van der Waals surface area contributed by atoms with Crippen molar-refractivity contribution < 1.29 is 18.7 Å². The second-order valence-electron chi connectivity index (χ2n) is 5.33. The Bertz CT molecular complexity index is 669. The van der Waals surface area contributed by atoms with Crippen LogP contribution in [0.3, 0.4) is 0 Å². The number of fused-ring (bicyclic) bond motifs is 1. The van der Waals surface area contributed by atoms with Crippen LogP contribution in [0, 0.1) is 0 Å². The van der Waals surface area contributed by atoms with Crippen LogP contribution in [0.25, 0.3) is 11.2 Å². The molecule has 2 aromatic rings. The van der Waals surface area contributed by atoms with E-state index in [2.05, 4.69) is 15.0 Å². The number of rotatable bonds is 1. The van der Waals surface area contributed by atoms with E-state index in [1.165, 1.54) is 6.33 Å². The van der Waals surface area contributed by atoms with Crippen LogP contribution in [0.15, 0.2) is 12.7 Å². The summed E-state index contributed by atoms with van der Waals surface area (Å²) in [5, 5.41) is 0. The number of nitrogens with two attached hydrogens (primary N) is 1. The molecule has 0 spiro atoms. The van der Waals surface area contributed by atoms with Crippen LogP contribution in [0.5, 0.6) is 0 Å². The van der Waals surface area contributed by atoms with E-state index < -0.39 is 7.82 Å². The minimum absolute atomic E-state index is 0.206. The number of hydrogen-bond donors (Lipinski definition) is 2. The molecule has 3 heterocycles. The number of nitrogen functional groups attached to an aromatic ring is 1. The number of hydrogen-bond acceptors (Lipinski definition) is 8. The molecule has 0 saturated carbocycles. The molecule has 2 aromatic heterocycles. The van der Waals surface area contributed by atoms with Gasteiger partial charge in [0.15, 0.2) is 0 Å². The molecule has 0 radical (unpaired) electrons. The zero-order valence-electron chi connectivity index (χ0n) is 12.5. The van der Waals surface area contributed by atoms with Crippen molar-refractivity contribution in [2.45, 2.75) is 25.7 Å². The normalized spacial score (nSPS) is 27.7. The molecule has 11 heteroatoms. The van der Waals surface area contributed by atoms with Crippen molar-refractivity contribution in [1.82, 2.24) is 19.5 Å². The van der Waals surface area contributed by atoms with E-state index in [9.17, 15) is 4.89 Å². The number of aromatic nitrogens is 4. The molecule has 0 unspecified atom stereocenters. The first-order valence-corrected chi connectivity index (χ1v) is 9.31. The molecule has 2 atom stereocenters. The summed E-state index contributed by atoms with van der Waals surface area (Å²) in [7, 11) is -1.48. The molecule has 1 fully saturated rings. The average molecular weight is 327 g/mol. The quantitative estimate of drug-likeness (QED) is 0.545. The van der Waals surface area contributed by atoms with Gasteiger partial charge in [-0.2, -0.15) is 0 Å². The Labute approximate surface area is 128 Å². The second kappa shape index (κ2) is 6.06. The van der Waals surface area contributed by atoms with Gasteiger partial charge in [0.05, 0.1) is 0 Å². The van der Waals surface area contributed by atoms with Gasteiger partial charge in [0.1, 0.15) is 0 Å². The van der Waals surface area contributed by atoms with Gasteiger partial charge >= 0.3 is 128 Å². The van der Waals surface area contributed by atoms with Crippen LogP contribution in [-0.4, -0.2) is 51.3 Å². The summed E-state index contributed by atoms with van der Waals surface area (Å²) in [6.45, 7) is 2.46. The fourth-order valence-corrected chi connectivity index (χ4v) is 3.45. The van der Waals surface area contributed by atoms with Crippen molar-refractivity contribution >= 4 is 32.4 Å². The maximum absolute atomic E-state index is 10.0. The molecule has 1 aliphatic heterocycles. The molecule has 1 aliphatic rings. The fourth-order valence-electron chi connectivity index (χ4n) is 2.32. The Balaban J connectivity index is 1.89. The first-order chi connectivity index (χ1) is 10.5. The third-order valence-electron chi connectivity index (χ3n) is 3.41. The van der Waals surface area contributed by atoms with Gasteiger partial charge in [-0.1, -0.05) is 0 Å². The zero-order valence-corrected chi connectivity index (χ0v) is 13.5. The number of imidazole rings is 1. The van der Waals surface area contributed by atoms with E-state index in [4.69, 9.17) is 19.5 Å². The van der Waals surface area contributed by atoms with Crippen molar-refractivity contribution in [1.29, 1.82) is 0 Å². The monoisotopic (exact) mass is 327 g/mol. The summed E-state index contributed by atoms with van der Waals surface area (Å²) in [5.41, 5.74) is 6.95. The minimum atomic E-state index is -3.07. The van der Waals surface area contributed by atoms with Gasteiger partial charge < -0.3 is 0 Å². The molecule has 0 amide bonds. The van der Waals surface area contributed by atoms with Gasteiger partial charge in [0.25, 0.3) is 0 Å². The summed E-state index contributed by atoms with van der Waals surface area (Å²) in [4.78, 5) is 22.4. The van der Waals surface area contributed by atoms with Gasteiger partial charge in [-0.25, -0.2) is 0 Å². The first kappa shape index (κ1) is 15.6. The topological polar surface area (TPSA) is 118 Å². The Morgan fingerprint density at radius 2 is 2.23 bits per heavy atom. The standard InChI is InChI=1S/C11H19BN5O4P/c1-7-4-20-22(12,18)19-3-2-8(21-7)17-6-16-9-10(13)14-5-15-11(9)17/h5-8,18,22H,2-4,12H2,1H3,(H2,13,14,15)/t7-,8+/m0/s1. The van der Waals surface area contributed by atoms with E-state index in [1.807, 2.05) is 6.92 Å². The van der Waals surface area contributed by atoms with E-state index in [1.54, 1.807) is 18.5 Å². The van der Waals surface area contributed by atoms with Gasteiger partial charge in [0.2, 0.25) is 0 Å². The van der Waals surface area contributed by atoms with Crippen molar-refractivity contribution in [3.8, 4) is 0 Å². The van der Waals surface area contributed by atoms with Crippen molar-refractivity contribution in [2.75, 3.05) is 18.9 Å². The molecule has 0 aromatic carbocycles. The molecule has 120 valence electrons. The van der Waals surface area contributed by atoms with Crippen LogP contribution >= 0.6 is 7.82 Å². The Kier molecular flexibility index (Phi) is 4.29. The van der Waals surface area contributed by atoms with Gasteiger partial charge in [-0.3, -0.25) is 0 Å². The number of ether oxygens (including phenoxy) is 1. The Morgan fingerprint density at radius 1 is 1.41 bits per heavy atom. The molecule has 3 N–H and O–H groups in total. The third kappa shape index (κ3) is 3.21. The van der Waals surface area contributed by atoms with E-state index in [-0.39, 0.29) is 18.9 Å². The third-order valence-corrected chi connectivity index (χ3v) is 4.85. The summed E-state index contributed by atoms with van der Waals surface area (Å²) in [6, 6.07) is 0. The molecule has 3 rings (SSSR count). The number of anilines is 1. The molecule has 0 bridgehead atoms. The predicted octanol–water partition coefficient (Wildman–Crippen LogP) is -0.216. The molecule has 22 heavy (non-hydrogen) atoms. The number of nitrogens with zero attached hydrogens (tertiary/aromatic N) is 4. The molecule has 1 saturated heterocycles. The second-order valence-corrected chi connectivity index (χ2v) is 7.70. The predicted molar refractivity (Wildman–Crippen MR) is 84.9 cm³/mol. The van der Waals surface area contributed by atoms with Crippen molar-refractivity contribution in [3.63, 3.8) is 0 Å².